The molecule has 2 bridgehead atoms. The van der Waals surface area contributed by atoms with E-state index in [1.807, 2.05) is 12.1 Å². The maximum absolute atomic E-state index is 14.1. The summed E-state index contributed by atoms with van der Waals surface area (Å²) >= 11 is 0. The van der Waals surface area contributed by atoms with E-state index in [0.717, 1.165) is 18.7 Å². The number of hydrogen-bond donors (Lipinski definition) is 1. The first-order valence-electron chi connectivity index (χ1n) is 12.5. The molecule has 0 amide bonds. The van der Waals surface area contributed by atoms with Crippen LogP contribution in [0.5, 0.6) is 11.6 Å². The van der Waals surface area contributed by atoms with E-state index in [1.165, 1.54) is 37.5 Å². The molecule has 2 aromatic heterocycles. The van der Waals surface area contributed by atoms with Crippen LogP contribution in [0.4, 0.5) is 10.2 Å². The Morgan fingerprint density at radius 1 is 1.00 bits per heavy atom. The number of fused-ring (bicyclic) bond motifs is 2. The molecule has 3 aromatic rings. The Kier molecular flexibility index (Phi) is 6.28. The minimum Gasteiger partial charge on any atom is -0.507 e. The Bertz CT molecular complexity index is 1300. The van der Waals surface area contributed by atoms with E-state index in [1.54, 1.807) is 12.1 Å². The monoisotopic (exact) mass is 492 g/mol. The van der Waals surface area contributed by atoms with E-state index in [-0.39, 0.29) is 11.6 Å². The minimum atomic E-state index is -2.00. The third kappa shape index (κ3) is 5.48. The van der Waals surface area contributed by atoms with E-state index in [0.29, 0.717) is 39.3 Å². The lowest BCUT2D eigenvalue weighted by atomic mass is 9.52. The highest BCUT2D eigenvalue weighted by Gasteiger charge is 2.50. The summed E-state index contributed by atoms with van der Waals surface area (Å²) in [5, 5.41) is 17.6. The molecule has 37 heavy (non-hydrogen) atoms. The molecule has 2 heterocycles. The first kappa shape index (κ1) is 25.6. The Morgan fingerprint density at radius 3 is 2.30 bits per heavy atom. The highest BCUT2D eigenvalue weighted by Crippen LogP contribution is 2.58. The molecule has 1 N–H and O–H groups in total. The van der Waals surface area contributed by atoms with Crippen molar-refractivity contribution in [1.82, 2.24) is 15.2 Å². The van der Waals surface area contributed by atoms with Crippen LogP contribution in [0.3, 0.4) is 0 Å². The van der Waals surface area contributed by atoms with Crippen LogP contribution in [-0.2, 0) is 0 Å². The predicted molar refractivity (Wildman–Crippen MR) is 144 cm³/mol. The number of pyridine rings is 1. The van der Waals surface area contributed by atoms with Gasteiger partial charge in [0.15, 0.2) is 5.82 Å². The van der Waals surface area contributed by atoms with Crippen LogP contribution in [0.2, 0.25) is 0 Å². The molecule has 1 unspecified atom stereocenters. The van der Waals surface area contributed by atoms with Crippen molar-refractivity contribution in [1.29, 1.82) is 0 Å². The number of anilines is 1. The van der Waals surface area contributed by atoms with Crippen molar-refractivity contribution in [3.8, 4) is 34.0 Å². The summed E-state index contributed by atoms with van der Waals surface area (Å²) in [6.07, 6.45) is 6.22. The van der Waals surface area contributed by atoms with Gasteiger partial charge in [-0.25, -0.2) is 0 Å². The molecule has 6 radical (unpaired) electrons. The molecule has 5 rings (SSSR count). The molecule has 2 aliphatic carbocycles. The number of aromatic hydroxyl groups is 1. The number of phenols is 1. The van der Waals surface area contributed by atoms with E-state index < -0.39 is 11.2 Å². The predicted octanol–water partition coefficient (Wildman–Crippen LogP) is 4.34. The number of benzene rings is 1. The van der Waals surface area contributed by atoms with E-state index in [9.17, 15) is 9.50 Å². The molecule has 6 nitrogen and oxygen atoms in total. The quantitative estimate of drug-likeness (QED) is 0.408. The van der Waals surface area contributed by atoms with Gasteiger partial charge in [-0.15, -0.1) is 10.2 Å². The number of hydrogen-bond acceptors (Lipinski definition) is 6. The lowest BCUT2D eigenvalue weighted by Crippen LogP contribution is -2.42. The average Bonchev–Trinajstić information content (AvgIpc) is 3.03. The number of phenolic OH excluding ortho intramolecular Hbond substituents is 1. The Labute approximate surface area is 221 Å². The van der Waals surface area contributed by atoms with Crippen LogP contribution >= 0.6 is 0 Å². The maximum atomic E-state index is 14.1. The summed E-state index contributed by atoms with van der Waals surface area (Å²) in [6, 6.07) is 11.8. The SMILES string of the molecule is [B]C([B])([B])Oc1cc(-c2ccc(-c3ccc(N(C)C4C[C@]5(C)CC[C@](C)(C4)C5)nn3)c(O)c2)cc(F)n1. The highest BCUT2D eigenvalue weighted by molar-refractivity contribution is 6.58. The summed E-state index contributed by atoms with van der Waals surface area (Å²) in [4.78, 5) is 5.84. The van der Waals surface area contributed by atoms with Crippen LogP contribution in [0.25, 0.3) is 22.4 Å². The van der Waals surface area contributed by atoms with E-state index in [4.69, 9.17) is 28.3 Å². The van der Waals surface area contributed by atoms with Crippen LogP contribution in [0.1, 0.15) is 46.0 Å². The van der Waals surface area contributed by atoms with Gasteiger partial charge in [0.25, 0.3) is 0 Å². The molecule has 184 valence electrons. The first-order valence-corrected chi connectivity index (χ1v) is 12.5. The fourth-order valence-corrected chi connectivity index (χ4v) is 6.29. The normalized spacial score (nSPS) is 25.1. The zero-order chi connectivity index (χ0) is 26.6. The van der Waals surface area contributed by atoms with Crippen molar-refractivity contribution in [2.24, 2.45) is 10.8 Å². The van der Waals surface area contributed by atoms with Crippen molar-refractivity contribution in [2.75, 3.05) is 11.9 Å². The maximum Gasteiger partial charge on any atom is 0.216 e. The van der Waals surface area contributed by atoms with Gasteiger partial charge in [-0.2, -0.15) is 9.37 Å². The van der Waals surface area contributed by atoms with Gasteiger partial charge >= 0.3 is 0 Å². The molecule has 3 atom stereocenters. The first-order chi connectivity index (χ1) is 17.3. The highest BCUT2D eigenvalue weighted by atomic mass is 19.1. The van der Waals surface area contributed by atoms with Gasteiger partial charge in [-0.3, -0.25) is 0 Å². The van der Waals surface area contributed by atoms with E-state index in [2.05, 4.69) is 41.0 Å². The van der Waals surface area contributed by atoms with Gasteiger partial charge in [-0.05, 0) is 83.6 Å². The molecule has 0 spiro atoms. The van der Waals surface area contributed by atoms with Gasteiger partial charge in [0.2, 0.25) is 11.8 Å². The number of aromatic nitrogens is 3. The lowest BCUT2D eigenvalue weighted by Gasteiger charge is -2.44. The lowest BCUT2D eigenvalue weighted by molar-refractivity contribution is 0.148. The summed E-state index contributed by atoms with van der Waals surface area (Å²) in [7, 11) is 18.4. The molecule has 2 fully saturated rings. The number of nitrogens with zero attached hydrogens (tertiary/aromatic N) is 4. The standard InChI is InChI=1S/C27H28B3FN4O2/c1-25-8-9-26(2,15-25)14-18(13-25)35(3)23-7-6-20(33-34-23)19-5-4-16(10-21(19)36)17-11-22(31)32-24(12-17)37-27(28,29)30/h4-7,10-12,18,36H,8-9,13-15H2,1-3H3/t18?,25-,26+. The topological polar surface area (TPSA) is 71.4 Å². The fourth-order valence-electron chi connectivity index (χ4n) is 6.29. The van der Waals surface area contributed by atoms with Gasteiger partial charge in [-0.1, -0.05) is 19.9 Å². The van der Waals surface area contributed by atoms with Crippen molar-refractivity contribution in [3.05, 3.63) is 48.4 Å². The molecule has 10 heteroatoms. The molecular formula is C27H28B3FN4O2. The van der Waals surface area contributed by atoms with Crippen molar-refractivity contribution >= 4 is 29.4 Å². The molecule has 2 aliphatic rings. The number of rotatable bonds is 6. The van der Waals surface area contributed by atoms with Crippen molar-refractivity contribution < 1.29 is 14.2 Å². The van der Waals surface area contributed by atoms with Crippen LogP contribution in [0.15, 0.2) is 42.5 Å². The summed E-state index contributed by atoms with van der Waals surface area (Å²) in [5.41, 5.74) is 2.78. The molecule has 2 saturated carbocycles. The zero-order valence-electron chi connectivity index (χ0n) is 21.4. The number of ether oxygens (including phenoxy) is 1. The Hall–Kier alpha value is -3.03. The third-order valence-corrected chi connectivity index (χ3v) is 7.86. The zero-order valence-corrected chi connectivity index (χ0v) is 21.4. The molecular weight excluding hydrogens is 464 g/mol. The smallest absolute Gasteiger partial charge is 0.216 e. The minimum absolute atomic E-state index is 0.0249. The van der Waals surface area contributed by atoms with Gasteiger partial charge in [0.1, 0.15) is 29.3 Å². The van der Waals surface area contributed by atoms with Crippen LogP contribution in [0, 0.1) is 16.8 Å². The second-order valence-corrected chi connectivity index (χ2v) is 11.5. The molecule has 1 aromatic carbocycles. The van der Waals surface area contributed by atoms with Crippen LogP contribution in [-0.4, -0.2) is 62.2 Å². The second-order valence-electron chi connectivity index (χ2n) is 11.5. The molecule has 0 aliphatic heterocycles. The second kappa shape index (κ2) is 9.07. The van der Waals surface area contributed by atoms with Crippen molar-refractivity contribution in [3.63, 3.8) is 0 Å². The summed E-state index contributed by atoms with van der Waals surface area (Å²) < 4.78 is 19.1. The van der Waals surface area contributed by atoms with Gasteiger partial charge < -0.3 is 14.7 Å². The average molecular weight is 492 g/mol. The number of halogens is 1. The van der Waals surface area contributed by atoms with Crippen LogP contribution < -0.4 is 9.64 Å². The fraction of sp³-hybridized carbons (Fsp3) is 0.444. The Morgan fingerprint density at radius 2 is 1.70 bits per heavy atom. The summed E-state index contributed by atoms with van der Waals surface area (Å²) in [5.74, 6) is -0.192. The molecule has 0 saturated heterocycles. The Balaban J connectivity index is 1.35. The van der Waals surface area contributed by atoms with Gasteiger partial charge in [0, 0.05) is 30.8 Å². The van der Waals surface area contributed by atoms with Crippen molar-refractivity contribution in [2.45, 2.75) is 57.3 Å². The largest absolute Gasteiger partial charge is 0.507 e. The van der Waals surface area contributed by atoms with Gasteiger partial charge in [0.05, 0.1) is 5.69 Å². The van der Waals surface area contributed by atoms with E-state index >= 15 is 0 Å². The third-order valence-electron chi connectivity index (χ3n) is 7.86. The summed E-state index contributed by atoms with van der Waals surface area (Å²) in [6.45, 7) is 4.82.